The standard InChI is InChI=1S/C22H25N7O3/c1-31-17-6-3-5-15(13-17)21(32-2)22(30)25-19-8-9-20(28-27-19)29-12-10-16(14-29)24-18-7-4-11-23-26-18/h3-9,11,13,16,21H,10,12,14H2,1-2H3,(H,24,26)(H,25,27,30)/t16-,21+/m1/s1. The number of anilines is 3. The Morgan fingerprint density at radius 2 is 2.00 bits per heavy atom. The number of carbonyl (C=O) groups excluding carboxylic acids is 1. The molecule has 0 spiro atoms. The lowest BCUT2D eigenvalue weighted by molar-refractivity contribution is -0.126. The van der Waals surface area contributed by atoms with Gasteiger partial charge in [-0.2, -0.15) is 5.10 Å². The summed E-state index contributed by atoms with van der Waals surface area (Å²) in [6.45, 7) is 1.62. The molecule has 2 N–H and O–H groups in total. The molecule has 32 heavy (non-hydrogen) atoms. The number of hydrogen-bond acceptors (Lipinski definition) is 9. The lowest BCUT2D eigenvalue weighted by atomic mass is 10.1. The Labute approximate surface area is 186 Å². The number of methoxy groups -OCH3 is 2. The van der Waals surface area contributed by atoms with Gasteiger partial charge in [0.25, 0.3) is 5.91 Å². The van der Waals surface area contributed by atoms with E-state index in [0.29, 0.717) is 17.1 Å². The molecule has 0 bridgehead atoms. The van der Waals surface area contributed by atoms with E-state index in [0.717, 1.165) is 31.1 Å². The van der Waals surface area contributed by atoms with Crippen LogP contribution < -0.4 is 20.3 Å². The van der Waals surface area contributed by atoms with Gasteiger partial charge in [0.1, 0.15) is 11.6 Å². The first-order chi connectivity index (χ1) is 15.7. The van der Waals surface area contributed by atoms with E-state index < -0.39 is 6.10 Å². The molecule has 3 heterocycles. The number of rotatable bonds is 8. The van der Waals surface area contributed by atoms with E-state index in [4.69, 9.17) is 9.47 Å². The number of ether oxygens (including phenoxy) is 2. The van der Waals surface area contributed by atoms with Gasteiger partial charge in [0.05, 0.1) is 7.11 Å². The Bertz CT molecular complexity index is 1030. The molecule has 0 radical (unpaired) electrons. The Hall–Kier alpha value is -3.79. The zero-order valence-electron chi connectivity index (χ0n) is 17.9. The highest BCUT2D eigenvalue weighted by molar-refractivity contribution is 5.94. The molecule has 166 valence electrons. The summed E-state index contributed by atoms with van der Waals surface area (Å²) >= 11 is 0. The molecule has 1 aromatic carbocycles. The molecule has 2 aromatic heterocycles. The lowest BCUT2D eigenvalue weighted by Crippen LogP contribution is -2.27. The van der Waals surface area contributed by atoms with Gasteiger partial charge in [-0.1, -0.05) is 12.1 Å². The molecule has 0 saturated carbocycles. The van der Waals surface area contributed by atoms with Crippen LogP contribution in [0, 0.1) is 0 Å². The predicted molar refractivity (Wildman–Crippen MR) is 120 cm³/mol. The predicted octanol–water partition coefficient (Wildman–Crippen LogP) is 2.29. The molecule has 4 rings (SSSR count). The number of benzene rings is 1. The van der Waals surface area contributed by atoms with E-state index in [9.17, 15) is 4.79 Å². The largest absolute Gasteiger partial charge is 0.497 e. The van der Waals surface area contributed by atoms with Crippen molar-refractivity contribution >= 4 is 23.4 Å². The van der Waals surface area contributed by atoms with Crippen LogP contribution in [0.5, 0.6) is 5.75 Å². The summed E-state index contributed by atoms with van der Waals surface area (Å²) in [6.07, 6.45) is 1.80. The Morgan fingerprint density at radius 3 is 2.72 bits per heavy atom. The third-order valence-corrected chi connectivity index (χ3v) is 5.21. The van der Waals surface area contributed by atoms with Gasteiger partial charge >= 0.3 is 0 Å². The molecule has 1 amide bonds. The molecule has 1 aliphatic rings. The van der Waals surface area contributed by atoms with Gasteiger partial charge < -0.3 is 25.0 Å². The zero-order valence-corrected chi connectivity index (χ0v) is 17.9. The van der Waals surface area contributed by atoms with Crippen LogP contribution >= 0.6 is 0 Å². The molecular weight excluding hydrogens is 410 g/mol. The maximum Gasteiger partial charge on any atom is 0.259 e. The second-order valence-electron chi connectivity index (χ2n) is 7.34. The van der Waals surface area contributed by atoms with Gasteiger partial charge in [0.15, 0.2) is 17.7 Å². The number of amides is 1. The monoisotopic (exact) mass is 435 g/mol. The first kappa shape index (κ1) is 21.4. The third-order valence-electron chi connectivity index (χ3n) is 5.21. The van der Waals surface area contributed by atoms with E-state index in [-0.39, 0.29) is 11.9 Å². The van der Waals surface area contributed by atoms with Crippen LogP contribution in [0.1, 0.15) is 18.1 Å². The number of aromatic nitrogens is 4. The van der Waals surface area contributed by atoms with Gasteiger partial charge in [-0.25, -0.2) is 0 Å². The Morgan fingerprint density at radius 1 is 1.09 bits per heavy atom. The molecule has 1 saturated heterocycles. The minimum atomic E-state index is -0.793. The molecule has 1 fully saturated rings. The topological polar surface area (TPSA) is 114 Å². The highest BCUT2D eigenvalue weighted by Gasteiger charge is 2.25. The van der Waals surface area contributed by atoms with Crippen LogP contribution in [0.3, 0.4) is 0 Å². The maximum atomic E-state index is 12.7. The SMILES string of the molecule is COc1cccc([C@H](OC)C(=O)Nc2ccc(N3CC[C@@H](Nc4cccnn4)C3)nn2)c1. The number of hydrogen-bond donors (Lipinski definition) is 2. The fourth-order valence-electron chi connectivity index (χ4n) is 3.63. The van der Waals surface area contributed by atoms with Crippen molar-refractivity contribution in [3.05, 3.63) is 60.3 Å². The van der Waals surface area contributed by atoms with Crippen molar-refractivity contribution in [2.24, 2.45) is 0 Å². The summed E-state index contributed by atoms with van der Waals surface area (Å²) in [5.41, 5.74) is 0.688. The van der Waals surface area contributed by atoms with Gasteiger partial charge in [-0.05, 0) is 48.4 Å². The second kappa shape index (κ2) is 10.0. The molecule has 3 aromatic rings. The number of nitrogens with one attached hydrogen (secondary N) is 2. The van der Waals surface area contributed by atoms with Crippen LogP contribution in [0.4, 0.5) is 17.5 Å². The van der Waals surface area contributed by atoms with Crippen molar-refractivity contribution in [2.75, 3.05) is 42.8 Å². The van der Waals surface area contributed by atoms with Crippen molar-refractivity contribution in [3.8, 4) is 5.75 Å². The van der Waals surface area contributed by atoms with Crippen molar-refractivity contribution < 1.29 is 14.3 Å². The van der Waals surface area contributed by atoms with E-state index >= 15 is 0 Å². The number of carbonyl (C=O) groups is 1. The Balaban J connectivity index is 1.35. The fraction of sp³-hybridized carbons (Fsp3) is 0.318. The first-order valence-corrected chi connectivity index (χ1v) is 10.3. The average molecular weight is 435 g/mol. The zero-order chi connectivity index (χ0) is 22.3. The number of nitrogens with zero attached hydrogens (tertiary/aromatic N) is 5. The summed E-state index contributed by atoms with van der Waals surface area (Å²) in [6, 6.07) is 14.8. The molecule has 0 aliphatic carbocycles. The minimum absolute atomic E-state index is 0.248. The second-order valence-corrected chi connectivity index (χ2v) is 7.34. The van der Waals surface area contributed by atoms with E-state index in [1.165, 1.54) is 7.11 Å². The van der Waals surface area contributed by atoms with E-state index in [1.54, 1.807) is 25.4 Å². The molecule has 2 atom stereocenters. The highest BCUT2D eigenvalue weighted by atomic mass is 16.5. The Kier molecular flexibility index (Phi) is 6.71. The normalized spacial score (nSPS) is 16.4. The summed E-state index contributed by atoms with van der Waals surface area (Å²) in [5.74, 6) is 2.18. The van der Waals surface area contributed by atoms with E-state index in [1.807, 2.05) is 36.4 Å². The molecule has 0 unspecified atom stereocenters. The van der Waals surface area contributed by atoms with Crippen LogP contribution in [0.15, 0.2) is 54.7 Å². The van der Waals surface area contributed by atoms with Crippen LogP contribution in [0.25, 0.3) is 0 Å². The summed E-state index contributed by atoms with van der Waals surface area (Å²) in [4.78, 5) is 14.9. The fourth-order valence-corrected chi connectivity index (χ4v) is 3.63. The molecular formula is C22H25N7O3. The molecule has 10 nitrogen and oxygen atoms in total. The van der Waals surface area contributed by atoms with Crippen molar-refractivity contribution in [1.29, 1.82) is 0 Å². The van der Waals surface area contributed by atoms with Crippen LogP contribution in [-0.4, -0.2) is 59.7 Å². The molecule has 1 aliphatic heterocycles. The van der Waals surface area contributed by atoms with Gasteiger partial charge in [0.2, 0.25) is 0 Å². The third kappa shape index (κ3) is 5.09. The van der Waals surface area contributed by atoms with Gasteiger partial charge in [0, 0.05) is 32.4 Å². The minimum Gasteiger partial charge on any atom is -0.497 e. The van der Waals surface area contributed by atoms with E-state index in [2.05, 4.69) is 35.9 Å². The van der Waals surface area contributed by atoms with Crippen molar-refractivity contribution in [3.63, 3.8) is 0 Å². The van der Waals surface area contributed by atoms with Crippen molar-refractivity contribution in [2.45, 2.75) is 18.6 Å². The summed E-state index contributed by atoms with van der Waals surface area (Å²) in [5, 5.41) is 22.5. The highest BCUT2D eigenvalue weighted by Crippen LogP contribution is 2.24. The maximum absolute atomic E-state index is 12.7. The summed E-state index contributed by atoms with van der Waals surface area (Å²) in [7, 11) is 3.06. The first-order valence-electron chi connectivity index (χ1n) is 10.3. The van der Waals surface area contributed by atoms with Gasteiger partial charge in [-0.3, -0.25) is 4.79 Å². The van der Waals surface area contributed by atoms with Crippen LogP contribution in [0.2, 0.25) is 0 Å². The van der Waals surface area contributed by atoms with Crippen molar-refractivity contribution in [1.82, 2.24) is 20.4 Å². The quantitative estimate of drug-likeness (QED) is 0.550. The van der Waals surface area contributed by atoms with Gasteiger partial charge in [-0.15, -0.1) is 15.3 Å². The van der Waals surface area contributed by atoms with Crippen LogP contribution in [-0.2, 0) is 9.53 Å². The summed E-state index contributed by atoms with van der Waals surface area (Å²) < 4.78 is 10.6. The lowest BCUT2D eigenvalue weighted by Gasteiger charge is -2.18. The smallest absolute Gasteiger partial charge is 0.259 e. The average Bonchev–Trinajstić information content (AvgIpc) is 3.29. The molecule has 10 heteroatoms.